The number of carbonyl (C=O) groups is 2. The van der Waals surface area contributed by atoms with Crippen molar-refractivity contribution in [1.82, 2.24) is 9.97 Å². The third-order valence-corrected chi connectivity index (χ3v) is 13.2. The molecule has 3 aliphatic carbocycles. The Kier molecular flexibility index (Phi) is 17.3. The molecule has 1 saturated heterocycles. The van der Waals surface area contributed by atoms with Crippen molar-refractivity contribution in [2.24, 2.45) is 20.4 Å². The molecule has 2 N–H and O–H groups in total. The first kappa shape index (κ1) is 51.0. The topological polar surface area (TPSA) is 254 Å². The van der Waals surface area contributed by atoms with E-state index >= 15 is 0 Å². The first-order valence-electron chi connectivity index (χ1n) is 20.5. The van der Waals surface area contributed by atoms with Gasteiger partial charge in [-0.1, -0.05) is 95.5 Å². The Balaban J connectivity index is 0.000000173. The van der Waals surface area contributed by atoms with Crippen LogP contribution in [0.4, 0.5) is 21.4 Å². The molecule has 2 fully saturated rings. The summed E-state index contributed by atoms with van der Waals surface area (Å²) in [7, 11) is 2.24. The van der Waals surface area contributed by atoms with Crippen LogP contribution in [-0.2, 0) is 36.5 Å². The summed E-state index contributed by atoms with van der Waals surface area (Å²) in [6.45, 7) is 3.63. The minimum atomic E-state index is -0.600. The summed E-state index contributed by atoms with van der Waals surface area (Å²) in [6, 6.07) is 18.0. The van der Waals surface area contributed by atoms with Gasteiger partial charge in [0.25, 0.3) is 0 Å². The van der Waals surface area contributed by atoms with Gasteiger partial charge in [0, 0.05) is 87.4 Å². The van der Waals surface area contributed by atoms with Crippen molar-refractivity contribution in [2.45, 2.75) is 37.5 Å². The van der Waals surface area contributed by atoms with Crippen molar-refractivity contribution in [1.29, 1.82) is 0 Å². The number of nitrogens with zero attached hydrogens (tertiary/aromatic N) is 10. The minimum Gasteiger partial charge on any atom is -0.506 e. The minimum absolute atomic E-state index is 0. The molecule has 2 aliphatic heterocycles. The maximum Gasteiger partial charge on any atom is 0.319 e. The number of para-hydroxylation sites is 1. The number of allylic oxidation sites excluding steroid dienone is 7. The Morgan fingerprint density at radius 2 is 1.28 bits per heavy atom. The van der Waals surface area contributed by atoms with E-state index in [4.69, 9.17) is 27.9 Å². The number of aromatic nitrogens is 2. The molecule has 9 rings (SSSR count). The van der Waals surface area contributed by atoms with Crippen LogP contribution in [0.5, 0.6) is 0 Å². The number of rotatable bonds is 7. The summed E-state index contributed by atoms with van der Waals surface area (Å²) in [4.78, 5) is 51.7. The van der Waals surface area contributed by atoms with Gasteiger partial charge in [-0.15, -0.1) is 0 Å². The van der Waals surface area contributed by atoms with E-state index in [1.807, 2.05) is 0 Å². The Bertz CT molecular complexity index is 2880. The molecular formula is C44H39Cl2CoN10O9S2-. The number of hydrogen-bond donors (Lipinski definition) is 2. The number of aliphatic hydroxyl groups excluding tert-OH is 2. The number of nitro groups is 2. The number of morpholine rings is 1. The van der Waals surface area contributed by atoms with E-state index in [0.717, 1.165) is 85.7 Å². The zero-order valence-electron chi connectivity index (χ0n) is 35.7. The molecule has 0 bridgehead atoms. The summed E-state index contributed by atoms with van der Waals surface area (Å²) in [5.74, 6) is -1.85. The van der Waals surface area contributed by atoms with E-state index in [9.17, 15) is 40.0 Å². The third-order valence-electron chi connectivity index (χ3n) is 10.9. The van der Waals surface area contributed by atoms with Gasteiger partial charge in [-0.3, -0.25) is 40.0 Å². The molecule has 0 amide bonds. The van der Waals surface area contributed by atoms with Crippen LogP contribution in [0.25, 0.3) is 6.08 Å². The van der Waals surface area contributed by atoms with Gasteiger partial charge in [-0.2, -0.15) is 4.58 Å². The number of benzene rings is 2. The molecule has 1 saturated carbocycles. The predicted molar refractivity (Wildman–Crippen MR) is 254 cm³/mol. The standard InChI is InChI=1S/C26H31N2O.2C9H5ClN4O4S.Co/c1-27-24-8-4-3-7-23(24)26(15-5-2-6-16-26)25(27)14-11-21-9-12-22(13-10-21)28-17-19-29-20-18-28;2*10-4-1-5(7(16)2-6(4)15)12-13-9-11-3-8(19-9)14(17)18;/h3-4,7-14H,2,5-6,15-20H2,1H3;2*1-3H,(H2,11,13,15,16);/q+1;;;/p-2. The van der Waals surface area contributed by atoms with E-state index in [0.29, 0.717) is 0 Å². The van der Waals surface area contributed by atoms with E-state index in [1.165, 1.54) is 60.3 Å². The molecule has 19 nitrogen and oxygen atoms in total. The largest absolute Gasteiger partial charge is 0.506 e. The van der Waals surface area contributed by atoms with Gasteiger partial charge in [0.05, 0.1) is 38.5 Å². The average molecular weight is 1050 g/mol. The smallest absolute Gasteiger partial charge is 0.319 e. The number of fused-ring (bicyclic) bond motifs is 2. The van der Waals surface area contributed by atoms with Crippen molar-refractivity contribution >= 4 is 102 Å². The van der Waals surface area contributed by atoms with Gasteiger partial charge in [-0.05, 0) is 48.8 Å². The predicted octanol–water partition coefficient (Wildman–Crippen LogP) is 7.20. The maximum atomic E-state index is 11.1. The molecule has 2 aromatic carbocycles. The number of hydrogen-bond acceptors (Lipinski definition) is 16. The summed E-state index contributed by atoms with van der Waals surface area (Å²) >= 11 is 12.6. The fraction of sp³-hybridized carbons (Fsp3) is 0.250. The molecule has 0 atom stereocenters. The van der Waals surface area contributed by atoms with Gasteiger partial charge in [-0.25, -0.2) is 0 Å². The first-order chi connectivity index (χ1) is 32.2. The van der Waals surface area contributed by atoms with Crippen molar-refractivity contribution in [2.75, 3.05) is 38.3 Å². The first-order valence-corrected chi connectivity index (χ1v) is 22.9. The number of thiazole rings is 2. The van der Waals surface area contributed by atoms with Crippen molar-refractivity contribution in [3.05, 3.63) is 154 Å². The Hall–Kier alpha value is -6.40. The fourth-order valence-electron chi connectivity index (χ4n) is 7.70. The van der Waals surface area contributed by atoms with Crippen LogP contribution >= 0.6 is 45.9 Å². The fourth-order valence-corrected chi connectivity index (χ4v) is 9.12. The van der Waals surface area contributed by atoms with Crippen molar-refractivity contribution in [3.63, 3.8) is 0 Å². The third kappa shape index (κ3) is 12.2. The number of anilines is 1. The van der Waals surface area contributed by atoms with Crippen LogP contribution in [0.2, 0.25) is 0 Å². The molecule has 0 unspecified atom stereocenters. The SMILES string of the molecule is C[N+]1=C(/C=C/c2ccc(N3CCOCC3)cc2)C2(CCCCC2)c2ccccc21.O=C1C=C(O)C(=NN=c2[n-]cc([N+](=O)[O-])s2)C=C1Cl.O=C1C=C(O)C(=NN=c2[n-]cc([N+](=O)[O-])s2)C=C1Cl.[Co]. The van der Waals surface area contributed by atoms with Crippen molar-refractivity contribution in [3.8, 4) is 0 Å². The molecule has 5 aliphatic rings. The molecule has 1 spiro atoms. The summed E-state index contributed by atoms with van der Waals surface area (Å²) in [5.41, 5.74) is 7.10. The van der Waals surface area contributed by atoms with Gasteiger partial charge >= 0.3 is 10.0 Å². The zero-order chi connectivity index (χ0) is 47.7. The Morgan fingerprint density at radius 1 is 0.765 bits per heavy atom. The Morgan fingerprint density at radius 3 is 1.78 bits per heavy atom. The zero-order valence-corrected chi connectivity index (χ0v) is 39.9. The quantitative estimate of drug-likeness (QED) is 0.0807. The van der Waals surface area contributed by atoms with Gasteiger partial charge in [0.1, 0.15) is 30.0 Å². The van der Waals surface area contributed by atoms with Gasteiger partial charge in [0.15, 0.2) is 5.71 Å². The van der Waals surface area contributed by atoms with E-state index < -0.39 is 21.4 Å². The molecule has 4 heterocycles. The second kappa shape index (κ2) is 23.1. The van der Waals surface area contributed by atoms with E-state index in [2.05, 4.69) is 108 Å². The van der Waals surface area contributed by atoms with Crippen LogP contribution in [0, 0.1) is 20.2 Å². The number of carbonyl (C=O) groups excluding carboxylic acids is 2. The number of ether oxygens (including phenoxy) is 1. The van der Waals surface area contributed by atoms with Crippen LogP contribution in [-0.4, -0.2) is 86.7 Å². The molecule has 2 aromatic heterocycles. The second-order valence-corrected chi connectivity index (χ2v) is 17.8. The van der Waals surface area contributed by atoms with Crippen LogP contribution in [0.15, 0.2) is 133 Å². The molecule has 24 heteroatoms. The summed E-state index contributed by atoms with van der Waals surface area (Å²) in [5, 5.41) is 53.7. The summed E-state index contributed by atoms with van der Waals surface area (Å²) in [6.07, 6.45) is 17.4. The average Bonchev–Trinajstić information content (AvgIpc) is 4.07. The molecule has 68 heavy (non-hydrogen) atoms. The number of halogens is 2. The maximum absolute atomic E-state index is 11.1. The molecule has 4 aromatic rings. The summed E-state index contributed by atoms with van der Waals surface area (Å²) < 4.78 is 7.90. The normalized spacial score (nSPS) is 19.4. The van der Waals surface area contributed by atoms with E-state index in [1.54, 1.807) is 0 Å². The number of ketones is 2. The second-order valence-electron chi connectivity index (χ2n) is 15.0. The van der Waals surface area contributed by atoms with Crippen LogP contribution in [0.3, 0.4) is 0 Å². The number of aliphatic hydroxyl groups is 2. The van der Waals surface area contributed by atoms with Gasteiger partial charge < -0.3 is 40.0 Å². The van der Waals surface area contributed by atoms with E-state index in [-0.39, 0.29) is 74.8 Å². The van der Waals surface area contributed by atoms with Crippen LogP contribution < -0.4 is 24.5 Å². The monoisotopic (exact) mass is 1040 g/mol. The van der Waals surface area contributed by atoms with Crippen molar-refractivity contribution < 1.29 is 55.7 Å². The van der Waals surface area contributed by atoms with Crippen LogP contribution in [0.1, 0.15) is 43.2 Å². The van der Waals surface area contributed by atoms with Gasteiger partial charge in [0.2, 0.25) is 17.3 Å². The molecular weight excluding hydrogens is 1010 g/mol. The molecule has 1 radical (unpaired) electrons. The molecule has 355 valence electrons. The Labute approximate surface area is 415 Å².